The minimum absolute atomic E-state index is 0.147. The second-order valence-corrected chi connectivity index (χ2v) is 15.4. The summed E-state index contributed by atoms with van der Waals surface area (Å²) in [4.78, 5) is 5.30. The molecular formula is C56H60N2. The molecule has 0 fully saturated rings. The molecule has 2 aromatic carbocycles. The number of aliphatic imine (C=N–C) groups is 1. The van der Waals surface area contributed by atoms with E-state index in [1.165, 1.54) is 44.5 Å². The van der Waals surface area contributed by atoms with Crippen LogP contribution >= 0.6 is 0 Å². The Hall–Kier alpha value is -5.99. The van der Waals surface area contributed by atoms with Crippen molar-refractivity contribution in [3.63, 3.8) is 0 Å². The zero-order valence-electron chi connectivity index (χ0n) is 35.2. The Morgan fingerprint density at radius 3 is 2.36 bits per heavy atom. The van der Waals surface area contributed by atoms with Gasteiger partial charge >= 0.3 is 0 Å². The Bertz CT molecular complexity index is 2320. The molecule has 58 heavy (non-hydrogen) atoms. The first-order chi connectivity index (χ1) is 28.3. The number of nitrogens with zero attached hydrogens (tertiary/aromatic N) is 1. The highest BCUT2D eigenvalue weighted by Gasteiger charge is 2.24. The van der Waals surface area contributed by atoms with Crippen molar-refractivity contribution in [2.45, 2.75) is 78.6 Å². The summed E-state index contributed by atoms with van der Waals surface area (Å²) in [5.74, 6) is 1.33. The predicted octanol–water partition coefficient (Wildman–Crippen LogP) is 14.6. The Morgan fingerprint density at radius 1 is 0.845 bits per heavy atom. The highest BCUT2D eigenvalue weighted by Crippen LogP contribution is 2.40. The number of rotatable bonds is 13. The van der Waals surface area contributed by atoms with Crippen LogP contribution in [0.1, 0.15) is 93.9 Å². The fourth-order valence-corrected chi connectivity index (χ4v) is 8.33. The Balaban J connectivity index is 1.31. The highest BCUT2D eigenvalue weighted by molar-refractivity contribution is 6.01. The van der Waals surface area contributed by atoms with Gasteiger partial charge in [-0.15, -0.1) is 0 Å². The predicted molar refractivity (Wildman–Crippen MR) is 253 cm³/mol. The molecule has 2 nitrogen and oxygen atoms in total. The van der Waals surface area contributed by atoms with Gasteiger partial charge in [0.15, 0.2) is 0 Å². The molecule has 3 unspecified atom stereocenters. The molecule has 0 aromatic heterocycles. The standard InChI is InChI=1S/C56H60N2/c1-7-11-21-43(10-4)44-24-17-25-46(33-32-44)55(37-40(5)47-26-18-27-48(38-47)42(9-3)20-8-2)58-56(57)51-29-19-28-49(39-51)50-34-35-52(41(6)36-50)54-31-16-15-30-53(54)45-22-13-12-14-23-45/h7-17,20-26,28,30-32,34-40,53-54H,4,18-19,27,29,33H2,1-3,5-6H3,(H2,57,58)/b11-7-,20-8-,42-9+,43-21+,55-37-. The molecule has 2 heteroatoms. The van der Waals surface area contributed by atoms with Crippen LogP contribution in [0.2, 0.25) is 0 Å². The maximum Gasteiger partial charge on any atom is 0.127 e. The average Bonchev–Trinajstić information content (AvgIpc) is 3.52. The van der Waals surface area contributed by atoms with Crippen LogP contribution in [-0.2, 0) is 0 Å². The third-order valence-electron chi connectivity index (χ3n) is 11.5. The van der Waals surface area contributed by atoms with Crippen LogP contribution in [0.15, 0.2) is 226 Å². The molecule has 2 N–H and O–H groups in total. The van der Waals surface area contributed by atoms with Gasteiger partial charge in [-0.1, -0.05) is 177 Å². The lowest BCUT2D eigenvalue weighted by Gasteiger charge is -2.27. The summed E-state index contributed by atoms with van der Waals surface area (Å²) in [6, 6.07) is 17.8. The van der Waals surface area contributed by atoms with Crippen molar-refractivity contribution in [3.05, 3.63) is 244 Å². The van der Waals surface area contributed by atoms with Crippen LogP contribution in [0.3, 0.4) is 0 Å². The molecule has 294 valence electrons. The van der Waals surface area contributed by atoms with Gasteiger partial charge in [0, 0.05) is 17.8 Å². The van der Waals surface area contributed by atoms with E-state index >= 15 is 0 Å². The van der Waals surface area contributed by atoms with Crippen LogP contribution in [0, 0.1) is 12.8 Å². The molecule has 0 saturated heterocycles. The van der Waals surface area contributed by atoms with Gasteiger partial charge in [0.1, 0.15) is 5.84 Å². The van der Waals surface area contributed by atoms with Crippen molar-refractivity contribution in [3.8, 4) is 0 Å². The smallest absolute Gasteiger partial charge is 0.127 e. The van der Waals surface area contributed by atoms with Gasteiger partial charge < -0.3 is 5.73 Å². The van der Waals surface area contributed by atoms with Crippen molar-refractivity contribution in [1.82, 2.24) is 0 Å². The summed E-state index contributed by atoms with van der Waals surface area (Å²) in [5.41, 5.74) is 22.8. The van der Waals surface area contributed by atoms with E-state index in [2.05, 4.69) is 192 Å². The molecule has 0 amide bonds. The normalized spacial score (nSPS) is 21.3. The van der Waals surface area contributed by atoms with E-state index in [1.54, 1.807) is 0 Å². The lowest BCUT2D eigenvalue weighted by Crippen LogP contribution is -2.17. The molecule has 6 rings (SSSR count). The van der Waals surface area contributed by atoms with E-state index in [-0.39, 0.29) is 5.92 Å². The molecule has 4 aliphatic rings. The summed E-state index contributed by atoms with van der Waals surface area (Å²) in [5, 5.41) is 0. The van der Waals surface area contributed by atoms with E-state index < -0.39 is 0 Å². The molecule has 0 aliphatic heterocycles. The van der Waals surface area contributed by atoms with Gasteiger partial charge in [0.05, 0.1) is 5.70 Å². The van der Waals surface area contributed by atoms with E-state index in [0.29, 0.717) is 17.7 Å². The quantitative estimate of drug-likeness (QED) is 0.123. The monoisotopic (exact) mass is 760 g/mol. The fraction of sp³-hybridized carbons (Fsp3) is 0.232. The molecule has 0 bridgehead atoms. The van der Waals surface area contributed by atoms with Crippen molar-refractivity contribution < 1.29 is 0 Å². The van der Waals surface area contributed by atoms with E-state index in [0.717, 1.165) is 60.1 Å². The van der Waals surface area contributed by atoms with Gasteiger partial charge in [-0.25, -0.2) is 4.99 Å². The van der Waals surface area contributed by atoms with Crippen molar-refractivity contribution in [1.29, 1.82) is 0 Å². The zero-order chi connectivity index (χ0) is 40.9. The summed E-state index contributed by atoms with van der Waals surface area (Å²) in [6.45, 7) is 14.8. The number of benzene rings is 2. The second kappa shape index (κ2) is 20.4. The largest absolute Gasteiger partial charge is 0.383 e. The molecule has 0 heterocycles. The van der Waals surface area contributed by atoms with E-state index in [4.69, 9.17) is 10.7 Å². The minimum Gasteiger partial charge on any atom is -0.383 e. The van der Waals surface area contributed by atoms with Crippen LogP contribution in [0.4, 0.5) is 0 Å². The number of amidine groups is 1. The van der Waals surface area contributed by atoms with Gasteiger partial charge in [-0.05, 0) is 133 Å². The van der Waals surface area contributed by atoms with Crippen LogP contribution in [0.25, 0.3) is 5.57 Å². The number of hydrogen-bond donors (Lipinski definition) is 1. The van der Waals surface area contributed by atoms with Gasteiger partial charge in [-0.2, -0.15) is 0 Å². The molecule has 3 atom stereocenters. The first kappa shape index (κ1) is 41.6. The first-order valence-electron chi connectivity index (χ1n) is 21.0. The van der Waals surface area contributed by atoms with Gasteiger partial charge in [0.25, 0.3) is 0 Å². The molecule has 0 saturated carbocycles. The molecule has 0 spiro atoms. The number of allylic oxidation sites excluding steroid dienone is 27. The van der Waals surface area contributed by atoms with E-state index in [1.807, 2.05) is 19.1 Å². The lowest BCUT2D eigenvalue weighted by atomic mass is 9.77. The molecular weight excluding hydrogens is 701 g/mol. The lowest BCUT2D eigenvalue weighted by molar-refractivity contribution is 0.725. The summed E-state index contributed by atoms with van der Waals surface area (Å²) >= 11 is 0. The number of aryl methyl sites for hydroxylation is 1. The maximum atomic E-state index is 7.04. The first-order valence-corrected chi connectivity index (χ1v) is 21.0. The van der Waals surface area contributed by atoms with Crippen LogP contribution in [0.5, 0.6) is 0 Å². The minimum atomic E-state index is 0.147. The van der Waals surface area contributed by atoms with Crippen molar-refractivity contribution in [2.24, 2.45) is 16.6 Å². The molecule has 0 radical (unpaired) electrons. The van der Waals surface area contributed by atoms with Gasteiger partial charge in [-0.3, -0.25) is 0 Å². The Morgan fingerprint density at radius 2 is 1.62 bits per heavy atom. The highest BCUT2D eigenvalue weighted by atomic mass is 14.9. The summed E-state index contributed by atoms with van der Waals surface area (Å²) in [6.07, 6.45) is 48.7. The SMILES string of the molecule is C=C/C(=C\C=C/C)C1=CCC(C(=C/C(C)C2=CCCC(C(/C=C\C)=C/C)=C2)/N=C(\N)C2=CC(c3ccc(C4C=CC=CC4c4ccccc4)c(C)c3)=CCC2)=CC=C1. The van der Waals surface area contributed by atoms with Gasteiger partial charge in [0.2, 0.25) is 0 Å². The molecule has 4 aliphatic carbocycles. The van der Waals surface area contributed by atoms with E-state index in [9.17, 15) is 0 Å². The third-order valence-corrected chi connectivity index (χ3v) is 11.5. The van der Waals surface area contributed by atoms with Crippen molar-refractivity contribution >= 4 is 11.4 Å². The number of hydrogen-bond acceptors (Lipinski definition) is 1. The fourth-order valence-electron chi connectivity index (χ4n) is 8.33. The maximum absolute atomic E-state index is 7.04. The summed E-state index contributed by atoms with van der Waals surface area (Å²) < 4.78 is 0. The second-order valence-electron chi connectivity index (χ2n) is 15.4. The van der Waals surface area contributed by atoms with Crippen LogP contribution < -0.4 is 5.73 Å². The number of nitrogens with two attached hydrogens (primary N) is 1. The van der Waals surface area contributed by atoms with Crippen LogP contribution in [-0.4, -0.2) is 5.84 Å². The zero-order valence-corrected chi connectivity index (χ0v) is 35.2. The molecule has 2 aromatic rings. The summed E-state index contributed by atoms with van der Waals surface area (Å²) in [7, 11) is 0. The Kier molecular flexibility index (Phi) is 14.7. The topological polar surface area (TPSA) is 38.4 Å². The average molecular weight is 761 g/mol. The Labute approximate surface area is 348 Å². The third kappa shape index (κ3) is 10.3. The van der Waals surface area contributed by atoms with Crippen molar-refractivity contribution in [2.75, 3.05) is 0 Å².